The van der Waals surface area contributed by atoms with E-state index in [1.807, 2.05) is 0 Å². The summed E-state index contributed by atoms with van der Waals surface area (Å²) in [7, 11) is 0. The number of fused-ring (bicyclic) bond motifs is 2. The molecule has 0 saturated heterocycles. The minimum absolute atomic E-state index is 0.219. The van der Waals surface area contributed by atoms with Crippen molar-refractivity contribution in [1.82, 2.24) is 10.6 Å². The Morgan fingerprint density at radius 1 is 1.19 bits per heavy atom. The normalized spacial score (nSPS) is 28.7. The van der Waals surface area contributed by atoms with E-state index in [9.17, 15) is 13.6 Å². The second-order valence-corrected chi connectivity index (χ2v) is 7.37. The lowest BCUT2D eigenvalue weighted by Gasteiger charge is -2.26. The average Bonchev–Trinajstić information content (AvgIpc) is 2.94. The third-order valence-electron chi connectivity index (χ3n) is 4.25. The van der Waals surface area contributed by atoms with Crippen LogP contribution in [0, 0.1) is 11.8 Å². The number of ether oxygens (including phenoxy) is 1. The SMILES string of the molecule is CC(C)(C)OC(=O)NCC(F)(F)CNC1CC2CCC1C2. The van der Waals surface area contributed by atoms with Crippen LogP contribution in [0.3, 0.4) is 0 Å². The summed E-state index contributed by atoms with van der Waals surface area (Å²) >= 11 is 0. The summed E-state index contributed by atoms with van der Waals surface area (Å²) in [6, 6.07) is 0.219. The maximum absolute atomic E-state index is 13.8. The average molecular weight is 304 g/mol. The predicted octanol–water partition coefficient (Wildman–Crippen LogP) is 2.92. The van der Waals surface area contributed by atoms with E-state index in [1.165, 1.54) is 12.8 Å². The molecule has 0 aromatic rings. The highest BCUT2D eigenvalue weighted by Gasteiger charge is 2.41. The molecule has 0 aromatic heterocycles. The van der Waals surface area contributed by atoms with Crippen molar-refractivity contribution in [2.24, 2.45) is 11.8 Å². The topological polar surface area (TPSA) is 50.4 Å². The number of carbonyl (C=O) groups excluding carboxylic acids is 1. The molecule has 1 amide bonds. The van der Waals surface area contributed by atoms with Crippen LogP contribution in [0.5, 0.6) is 0 Å². The molecule has 2 fully saturated rings. The number of nitrogens with one attached hydrogen (secondary N) is 2. The van der Waals surface area contributed by atoms with Gasteiger partial charge in [0.15, 0.2) is 0 Å². The van der Waals surface area contributed by atoms with Gasteiger partial charge in [0.05, 0.1) is 13.1 Å². The fourth-order valence-electron chi connectivity index (χ4n) is 3.35. The standard InChI is InChI=1S/C15H26F2N2O2/c1-14(2,3)21-13(20)19-9-15(16,17)8-18-12-7-10-4-5-11(12)6-10/h10-12,18H,4-9H2,1-3H3,(H,19,20). The van der Waals surface area contributed by atoms with Gasteiger partial charge < -0.3 is 15.4 Å². The molecule has 2 N–H and O–H groups in total. The number of amides is 1. The molecule has 3 unspecified atom stereocenters. The molecule has 0 aliphatic heterocycles. The number of alkyl carbamates (subject to hydrolysis) is 1. The molecule has 21 heavy (non-hydrogen) atoms. The molecule has 3 atom stereocenters. The second kappa shape index (κ2) is 6.07. The van der Waals surface area contributed by atoms with Crippen molar-refractivity contribution in [2.75, 3.05) is 13.1 Å². The van der Waals surface area contributed by atoms with Crippen molar-refractivity contribution in [3.8, 4) is 0 Å². The maximum Gasteiger partial charge on any atom is 0.407 e. The van der Waals surface area contributed by atoms with E-state index in [-0.39, 0.29) is 6.04 Å². The zero-order valence-electron chi connectivity index (χ0n) is 13.0. The van der Waals surface area contributed by atoms with Crippen LogP contribution in [0.4, 0.5) is 13.6 Å². The molecule has 2 rings (SSSR count). The van der Waals surface area contributed by atoms with Gasteiger partial charge in [0.25, 0.3) is 5.92 Å². The summed E-state index contributed by atoms with van der Waals surface area (Å²) in [6.07, 6.45) is 3.80. The minimum atomic E-state index is -2.96. The molecule has 0 aromatic carbocycles. The molecular weight excluding hydrogens is 278 g/mol. The fourth-order valence-corrected chi connectivity index (χ4v) is 3.35. The zero-order valence-corrected chi connectivity index (χ0v) is 13.0. The number of rotatable bonds is 5. The van der Waals surface area contributed by atoms with E-state index >= 15 is 0 Å². The van der Waals surface area contributed by atoms with Gasteiger partial charge in [-0.05, 0) is 51.9 Å². The lowest BCUT2D eigenvalue weighted by molar-refractivity contribution is -0.00686. The van der Waals surface area contributed by atoms with Crippen LogP contribution in [0.15, 0.2) is 0 Å². The molecule has 2 bridgehead atoms. The molecule has 6 heteroatoms. The van der Waals surface area contributed by atoms with Crippen molar-refractivity contribution in [3.63, 3.8) is 0 Å². The van der Waals surface area contributed by atoms with Crippen LogP contribution in [0.25, 0.3) is 0 Å². The van der Waals surface area contributed by atoms with E-state index in [0.717, 1.165) is 18.8 Å². The molecule has 0 spiro atoms. The molecule has 0 heterocycles. The Morgan fingerprint density at radius 2 is 1.90 bits per heavy atom. The Bertz CT molecular complexity index is 382. The summed E-state index contributed by atoms with van der Waals surface area (Å²) < 4.78 is 32.5. The number of hydrogen-bond acceptors (Lipinski definition) is 3. The Balaban J connectivity index is 1.68. The minimum Gasteiger partial charge on any atom is -0.444 e. The highest BCUT2D eigenvalue weighted by atomic mass is 19.3. The monoisotopic (exact) mass is 304 g/mol. The first-order valence-corrected chi connectivity index (χ1v) is 7.73. The number of alkyl halides is 2. The van der Waals surface area contributed by atoms with E-state index in [1.54, 1.807) is 20.8 Å². The van der Waals surface area contributed by atoms with Gasteiger partial charge in [-0.3, -0.25) is 0 Å². The highest BCUT2D eigenvalue weighted by Crippen LogP contribution is 2.44. The molecule has 122 valence electrons. The van der Waals surface area contributed by atoms with Crippen molar-refractivity contribution in [3.05, 3.63) is 0 Å². The number of halogens is 2. The van der Waals surface area contributed by atoms with Crippen molar-refractivity contribution < 1.29 is 18.3 Å². The van der Waals surface area contributed by atoms with E-state index in [2.05, 4.69) is 10.6 Å². The second-order valence-electron chi connectivity index (χ2n) is 7.37. The summed E-state index contributed by atoms with van der Waals surface area (Å²) in [5, 5.41) is 5.12. The summed E-state index contributed by atoms with van der Waals surface area (Å²) in [5.74, 6) is -1.68. The largest absolute Gasteiger partial charge is 0.444 e. The van der Waals surface area contributed by atoms with Crippen LogP contribution < -0.4 is 10.6 Å². The van der Waals surface area contributed by atoms with Crippen LogP contribution in [0.1, 0.15) is 46.5 Å². The lowest BCUT2D eigenvalue weighted by Crippen LogP contribution is -2.48. The van der Waals surface area contributed by atoms with E-state index in [4.69, 9.17) is 4.74 Å². The highest BCUT2D eigenvalue weighted by molar-refractivity contribution is 5.67. The van der Waals surface area contributed by atoms with Gasteiger partial charge in [-0.15, -0.1) is 0 Å². The van der Waals surface area contributed by atoms with Crippen molar-refractivity contribution in [1.29, 1.82) is 0 Å². The van der Waals surface area contributed by atoms with Gasteiger partial charge in [-0.1, -0.05) is 6.42 Å². The van der Waals surface area contributed by atoms with Crippen LogP contribution in [-0.2, 0) is 4.74 Å². The maximum atomic E-state index is 13.8. The first kappa shape index (κ1) is 16.5. The third-order valence-corrected chi connectivity index (χ3v) is 4.25. The Labute approximate surface area is 125 Å². The first-order chi connectivity index (χ1) is 9.65. The summed E-state index contributed by atoms with van der Waals surface area (Å²) in [5.41, 5.74) is -0.680. The van der Waals surface area contributed by atoms with Gasteiger partial charge in [0.2, 0.25) is 0 Å². The van der Waals surface area contributed by atoms with E-state index < -0.39 is 30.7 Å². The summed E-state index contributed by atoms with van der Waals surface area (Å²) in [6.45, 7) is 4.00. The van der Waals surface area contributed by atoms with Crippen LogP contribution >= 0.6 is 0 Å². The van der Waals surface area contributed by atoms with Gasteiger partial charge in [-0.2, -0.15) is 0 Å². The van der Waals surface area contributed by atoms with Gasteiger partial charge in [0.1, 0.15) is 5.60 Å². The molecular formula is C15H26F2N2O2. The first-order valence-electron chi connectivity index (χ1n) is 7.73. The number of hydrogen-bond donors (Lipinski definition) is 2. The quantitative estimate of drug-likeness (QED) is 0.821. The Kier molecular flexibility index (Phi) is 4.76. The van der Waals surface area contributed by atoms with Gasteiger partial charge >= 0.3 is 6.09 Å². The molecule has 2 saturated carbocycles. The number of carbonyl (C=O) groups is 1. The smallest absolute Gasteiger partial charge is 0.407 e. The molecule has 2 aliphatic carbocycles. The van der Waals surface area contributed by atoms with Crippen molar-refractivity contribution >= 4 is 6.09 Å². The molecule has 0 radical (unpaired) electrons. The summed E-state index contributed by atoms with van der Waals surface area (Å²) in [4.78, 5) is 11.4. The Morgan fingerprint density at radius 3 is 2.43 bits per heavy atom. The van der Waals surface area contributed by atoms with Crippen LogP contribution in [0.2, 0.25) is 0 Å². The van der Waals surface area contributed by atoms with Gasteiger partial charge in [0, 0.05) is 6.04 Å². The predicted molar refractivity (Wildman–Crippen MR) is 76.4 cm³/mol. The third kappa shape index (κ3) is 5.09. The lowest BCUT2D eigenvalue weighted by atomic mass is 9.95. The van der Waals surface area contributed by atoms with Crippen LogP contribution in [-0.4, -0.2) is 36.7 Å². The zero-order chi connectivity index (χ0) is 15.7. The van der Waals surface area contributed by atoms with Gasteiger partial charge in [-0.25, -0.2) is 13.6 Å². The Hall–Kier alpha value is -0.910. The molecule has 2 aliphatic rings. The van der Waals surface area contributed by atoms with Crippen molar-refractivity contribution in [2.45, 2.75) is 64.0 Å². The molecule has 4 nitrogen and oxygen atoms in total. The van der Waals surface area contributed by atoms with E-state index in [0.29, 0.717) is 5.92 Å². The fraction of sp³-hybridized carbons (Fsp3) is 0.933.